The van der Waals surface area contributed by atoms with E-state index >= 15 is 0 Å². The summed E-state index contributed by atoms with van der Waals surface area (Å²) in [6, 6.07) is 14.8. The summed E-state index contributed by atoms with van der Waals surface area (Å²) in [6.07, 6.45) is 0. The van der Waals surface area contributed by atoms with Gasteiger partial charge in [-0.2, -0.15) is 0 Å². The van der Waals surface area contributed by atoms with Gasteiger partial charge in [0.2, 0.25) is 0 Å². The summed E-state index contributed by atoms with van der Waals surface area (Å²) < 4.78 is 13.2. The van der Waals surface area contributed by atoms with Gasteiger partial charge in [0.05, 0.1) is 4.92 Å². The fourth-order valence-corrected chi connectivity index (χ4v) is 4.35. The van der Waals surface area contributed by atoms with Crippen LogP contribution in [-0.2, 0) is 25.6 Å². The Balaban J connectivity index is 1.92. The number of carbonyl (C=O) groups is 2. The van der Waals surface area contributed by atoms with Crippen LogP contribution in [0.25, 0.3) is 0 Å². The van der Waals surface area contributed by atoms with E-state index in [0.717, 1.165) is 5.56 Å². The molecule has 2 aromatic carbocycles. The maximum absolute atomic E-state index is 13.5. The van der Waals surface area contributed by atoms with Gasteiger partial charge in [-0.1, -0.05) is 42.5 Å². The van der Waals surface area contributed by atoms with E-state index in [2.05, 4.69) is 0 Å². The van der Waals surface area contributed by atoms with Gasteiger partial charge in [-0.25, -0.2) is 9.30 Å². The van der Waals surface area contributed by atoms with Gasteiger partial charge in [0.1, 0.15) is 23.9 Å². The van der Waals surface area contributed by atoms with Crippen LogP contribution in [0, 0.1) is 35.1 Å². The first-order chi connectivity index (χ1) is 16.5. The Bertz CT molecular complexity index is 1280. The maximum Gasteiger partial charge on any atom is 0.324 e. The quantitative estimate of drug-likeness (QED) is 0.133. The van der Waals surface area contributed by atoms with E-state index in [0.29, 0.717) is 28.2 Å². The van der Waals surface area contributed by atoms with Gasteiger partial charge in [0, 0.05) is 39.8 Å². The highest BCUT2D eigenvalue weighted by molar-refractivity contribution is 5.98. The summed E-state index contributed by atoms with van der Waals surface area (Å²) in [7, 11) is 0. The van der Waals surface area contributed by atoms with Crippen molar-refractivity contribution in [1.82, 2.24) is 4.57 Å². The summed E-state index contributed by atoms with van der Waals surface area (Å²) >= 11 is 0. The first kappa shape index (κ1) is 23.9. The molecule has 10 nitrogen and oxygen atoms in total. The van der Waals surface area contributed by atoms with Gasteiger partial charge in [0.15, 0.2) is 5.92 Å². The lowest BCUT2D eigenvalue weighted by Crippen LogP contribution is -2.50. The molecule has 0 amide bonds. The van der Waals surface area contributed by atoms with E-state index in [1.807, 2.05) is 30.3 Å². The Kier molecular flexibility index (Phi) is 6.06. The van der Waals surface area contributed by atoms with Crippen LogP contribution in [0.1, 0.15) is 48.1 Å². The molecule has 2 heterocycles. The third-order valence-electron chi connectivity index (χ3n) is 6.18. The van der Waals surface area contributed by atoms with E-state index in [1.54, 1.807) is 18.4 Å². The zero-order chi connectivity index (χ0) is 25.5. The number of carbonyl (C=O) groups excluding carboxylic acids is 2. The Morgan fingerprint density at radius 2 is 1.60 bits per heavy atom. The molecule has 1 atom stereocenters. The second-order valence-electron chi connectivity index (χ2n) is 8.94. The minimum Gasteiger partial charge on any atom is -0.711 e. The van der Waals surface area contributed by atoms with E-state index in [9.17, 15) is 24.9 Å². The van der Waals surface area contributed by atoms with Gasteiger partial charge < -0.3 is 14.7 Å². The molecular weight excluding hydrogens is 454 g/mol. The Hall–Kier alpha value is -4.21. The molecule has 1 aliphatic rings. The van der Waals surface area contributed by atoms with Crippen molar-refractivity contribution >= 4 is 17.6 Å². The Labute approximate surface area is 201 Å². The number of rotatable bonds is 6. The van der Waals surface area contributed by atoms with Crippen LogP contribution >= 0.6 is 0 Å². The average Bonchev–Trinajstić information content (AvgIpc) is 3.00. The summed E-state index contributed by atoms with van der Waals surface area (Å²) in [5.41, 5.74) is 2.17. The number of ether oxygens (including phenoxy) is 2. The number of cyclic esters (lactones) is 2. The van der Waals surface area contributed by atoms with Crippen LogP contribution < -0.4 is 4.73 Å². The van der Waals surface area contributed by atoms with Crippen LogP contribution in [0.3, 0.4) is 0 Å². The van der Waals surface area contributed by atoms with Gasteiger partial charge in [0.25, 0.3) is 17.3 Å². The number of benzene rings is 2. The van der Waals surface area contributed by atoms with Gasteiger partial charge in [-0.15, -0.1) is 0 Å². The fourth-order valence-electron chi connectivity index (χ4n) is 4.35. The topological polar surface area (TPSA) is 128 Å². The van der Waals surface area contributed by atoms with Crippen molar-refractivity contribution in [2.75, 3.05) is 0 Å². The molecule has 1 aliphatic heterocycles. The molecule has 1 aromatic heterocycles. The molecule has 10 heteroatoms. The first-order valence-corrected chi connectivity index (χ1v) is 11.0. The maximum atomic E-state index is 13.5. The molecule has 1 fully saturated rings. The molecule has 0 bridgehead atoms. The summed E-state index contributed by atoms with van der Waals surface area (Å²) in [6.45, 7) is 6.63. The smallest absolute Gasteiger partial charge is 0.324 e. The summed E-state index contributed by atoms with van der Waals surface area (Å²) in [4.78, 5) is 36.8. The number of nitro groups is 1. The molecule has 4 rings (SSSR count). The van der Waals surface area contributed by atoms with Crippen molar-refractivity contribution in [2.24, 2.45) is 5.92 Å². The number of nitrogens with zero attached hydrogens (tertiary/aromatic N) is 3. The molecule has 3 aromatic rings. The van der Waals surface area contributed by atoms with Gasteiger partial charge in [-0.3, -0.25) is 19.7 Å². The standard InChI is InChI=1S/C25H25N3O7/c1-15-16(2)27(31)22(26(15)14-17-8-6-5-7-9-17)20(18-10-12-19(13-11-18)28(32)33)21-23(29)34-25(3,4)35-24(21)30/h5-13,20-21H,14H2,1-4H3/t20-/m1/s1. The normalized spacial score (nSPS) is 16.5. The van der Waals surface area contributed by atoms with E-state index in [1.165, 1.54) is 38.1 Å². The van der Waals surface area contributed by atoms with E-state index < -0.39 is 34.5 Å². The predicted octanol–water partition coefficient (Wildman–Crippen LogP) is 3.28. The molecule has 0 radical (unpaired) electrons. The molecule has 0 aliphatic carbocycles. The lowest BCUT2D eigenvalue weighted by atomic mass is 9.84. The average molecular weight is 479 g/mol. The molecule has 0 saturated carbocycles. The van der Waals surface area contributed by atoms with E-state index in [-0.39, 0.29) is 11.5 Å². The minimum absolute atomic E-state index is 0.135. The van der Waals surface area contributed by atoms with Crippen molar-refractivity contribution in [3.8, 4) is 0 Å². The van der Waals surface area contributed by atoms with Crippen molar-refractivity contribution in [1.29, 1.82) is 0 Å². The molecule has 0 spiro atoms. The first-order valence-electron chi connectivity index (χ1n) is 11.0. The van der Waals surface area contributed by atoms with Crippen molar-refractivity contribution in [3.05, 3.63) is 98.3 Å². The fraction of sp³-hybridized carbons (Fsp3) is 0.320. The van der Waals surface area contributed by atoms with Crippen molar-refractivity contribution < 1.29 is 28.7 Å². The number of imidazole rings is 1. The largest absolute Gasteiger partial charge is 0.711 e. The zero-order valence-corrected chi connectivity index (χ0v) is 19.8. The lowest BCUT2D eigenvalue weighted by Gasteiger charge is -2.35. The minimum atomic E-state index is -1.48. The highest BCUT2D eigenvalue weighted by Gasteiger charge is 2.52. The molecule has 35 heavy (non-hydrogen) atoms. The third kappa shape index (κ3) is 4.46. The zero-order valence-electron chi connectivity index (χ0n) is 19.8. The Morgan fingerprint density at radius 1 is 1.03 bits per heavy atom. The number of hydrogen-bond donors (Lipinski definition) is 0. The number of aromatic nitrogens is 2. The monoisotopic (exact) mass is 479 g/mol. The second kappa shape index (κ2) is 8.86. The van der Waals surface area contributed by atoms with E-state index in [4.69, 9.17) is 9.47 Å². The number of esters is 2. The molecule has 0 N–H and O–H groups in total. The molecule has 1 saturated heterocycles. The highest BCUT2D eigenvalue weighted by Crippen LogP contribution is 2.38. The van der Waals surface area contributed by atoms with Crippen LogP contribution in [0.5, 0.6) is 0 Å². The summed E-state index contributed by atoms with van der Waals surface area (Å²) in [5, 5.41) is 24.6. The molecule has 182 valence electrons. The van der Waals surface area contributed by atoms with Crippen molar-refractivity contribution in [2.45, 2.75) is 45.9 Å². The lowest BCUT2D eigenvalue weighted by molar-refractivity contribution is -0.621. The number of hydrogen-bond acceptors (Lipinski definition) is 7. The molecular formula is C25H25N3O7. The van der Waals surface area contributed by atoms with Gasteiger partial charge >= 0.3 is 11.9 Å². The Morgan fingerprint density at radius 3 is 2.14 bits per heavy atom. The number of non-ortho nitro benzene ring substituents is 1. The van der Waals surface area contributed by atoms with Crippen LogP contribution in [0.4, 0.5) is 5.69 Å². The second-order valence-corrected chi connectivity index (χ2v) is 8.94. The predicted molar refractivity (Wildman–Crippen MR) is 123 cm³/mol. The molecule has 0 unspecified atom stereocenters. The van der Waals surface area contributed by atoms with Crippen LogP contribution in [-0.4, -0.2) is 27.2 Å². The van der Waals surface area contributed by atoms with Crippen LogP contribution in [0.15, 0.2) is 54.6 Å². The third-order valence-corrected chi connectivity index (χ3v) is 6.18. The van der Waals surface area contributed by atoms with Gasteiger partial charge in [-0.05, 0) is 11.1 Å². The number of nitro benzene ring substituents is 1. The van der Waals surface area contributed by atoms with Crippen molar-refractivity contribution in [3.63, 3.8) is 0 Å². The summed E-state index contributed by atoms with van der Waals surface area (Å²) in [5.74, 6) is -5.57. The SMILES string of the molecule is Cc1c(C)[n+]([O-])c([C@H](c2ccc([N+](=O)[O-])cc2)C2C(=O)OC(C)(C)OC2=O)n1Cc1ccccc1. The highest BCUT2D eigenvalue weighted by atomic mass is 16.7. The van der Waals surface area contributed by atoms with Crippen LogP contribution in [0.2, 0.25) is 0 Å².